The number of hydrogen-bond acceptors (Lipinski definition) is 4. The molecule has 1 aromatic carbocycles. The Hall–Kier alpha value is -2.48. The van der Waals surface area contributed by atoms with Crippen LogP contribution in [0.4, 0.5) is 0 Å². The van der Waals surface area contributed by atoms with Crippen LogP contribution in [0.15, 0.2) is 24.3 Å². The average Bonchev–Trinajstić information content (AvgIpc) is 3.26. The summed E-state index contributed by atoms with van der Waals surface area (Å²) in [5, 5.41) is 9.79. The molecule has 7 nitrogen and oxygen atoms in total. The van der Waals surface area contributed by atoms with Crippen LogP contribution in [0, 0.1) is 11.7 Å². The number of aromatic nitrogens is 3. The predicted octanol–water partition coefficient (Wildman–Crippen LogP) is 2.04. The molecule has 0 unspecified atom stereocenters. The second kappa shape index (κ2) is 8.27. The normalized spacial score (nSPS) is 13.8. The third-order valence-corrected chi connectivity index (χ3v) is 4.77. The number of carbonyl (C=O) groups excluding carboxylic acids is 2. The molecule has 2 heterocycles. The SMILES string of the molecule is Cc1cccc(-c2n[nH]c(=S)n2CC(=O)NCCC(=O)N2CCCC2)c1. The standard InChI is InChI=1S/C18H23N5O2S/c1-13-5-4-6-14(11-13)17-20-21-18(26)23(17)12-15(24)19-8-7-16(25)22-9-2-3-10-22/h4-6,11H,2-3,7-10,12H2,1H3,(H,19,24)(H,21,26). The molecule has 2 N–H and O–H groups in total. The first-order chi connectivity index (χ1) is 12.5. The number of nitrogens with zero attached hydrogens (tertiary/aromatic N) is 3. The summed E-state index contributed by atoms with van der Waals surface area (Å²) in [5.41, 5.74) is 2.00. The predicted molar refractivity (Wildman–Crippen MR) is 101 cm³/mol. The van der Waals surface area contributed by atoms with Crippen LogP contribution in [0.1, 0.15) is 24.8 Å². The van der Waals surface area contributed by atoms with Crippen LogP contribution >= 0.6 is 12.2 Å². The van der Waals surface area contributed by atoms with Gasteiger partial charge in [0.1, 0.15) is 6.54 Å². The summed E-state index contributed by atoms with van der Waals surface area (Å²) in [5.74, 6) is 0.538. The maximum absolute atomic E-state index is 12.3. The van der Waals surface area contributed by atoms with Crippen molar-refractivity contribution >= 4 is 24.0 Å². The summed E-state index contributed by atoms with van der Waals surface area (Å²) >= 11 is 5.25. The van der Waals surface area contributed by atoms with Crippen molar-refractivity contribution in [2.45, 2.75) is 32.7 Å². The minimum Gasteiger partial charge on any atom is -0.354 e. The molecule has 1 fully saturated rings. The first kappa shape index (κ1) is 18.3. The number of nitrogens with one attached hydrogen (secondary N) is 2. The number of aromatic amines is 1. The summed E-state index contributed by atoms with van der Waals surface area (Å²) in [7, 11) is 0. The minimum absolute atomic E-state index is 0.0660. The van der Waals surface area contributed by atoms with Crippen LogP contribution in [0.5, 0.6) is 0 Å². The Balaban J connectivity index is 1.58. The van der Waals surface area contributed by atoms with Crippen molar-refractivity contribution in [3.05, 3.63) is 34.6 Å². The molecule has 1 aliphatic heterocycles. The number of amides is 2. The molecule has 0 saturated carbocycles. The zero-order valence-corrected chi connectivity index (χ0v) is 15.6. The lowest BCUT2D eigenvalue weighted by Gasteiger charge is -2.15. The first-order valence-electron chi connectivity index (χ1n) is 8.81. The lowest BCUT2D eigenvalue weighted by atomic mass is 10.1. The zero-order valence-electron chi connectivity index (χ0n) is 14.8. The van der Waals surface area contributed by atoms with E-state index in [-0.39, 0.29) is 18.4 Å². The summed E-state index contributed by atoms with van der Waals surface area (Å²) in [6, 6.07) is 7.87. The molecule has 3 rings (SSSR count). The van der Waals surface area contributed by atoms with E-state index in [4.69, 9.17) is 12.2 Å². The molecule has 1 aromatic heterocycles. The van der Waals surface area contributed by atoms with Gasteiger partial charge in [0.15, 0.2) is 10.6 Å². The van der Waals surface area contributed by atoms with Crippen LogP contribution in [0.2, 0.25) is 0 Å². The third kappa shape index (κ3) is 4.37. The van der Waals surface area contributed by atoms with E-state index in [1.165, 1.54) is 0 Å². The summed E-state index contributed by atoms with van der Waals surface area (Å²) in [4.78, 5) is 26.1. The summed E-state index contributed by atoms with van der Waals surface area (Å²) in [6.45, 7) is 4.06. The molecule has 0 radical (unpaired) electrons. The Morgan fingerprint density at radius 2 is 2.08 bits per heavy atom. The lowest BCUT2D eigenvalue weighted by molar-refractivity contribution is -0.130. The topological polar surface area (TPSA) is 83.0 Å². The molecule has 2 amide bonds. The van der Waals surface area contributed by atoms with Gasteiger partial charge in [0.2, 0.25) is 11.8 Å². The van der Waals surface area contributed by atoms with Gasteiger partial charge in [-0.25, -0.2) is 0 Å². The maximum atomic E-state index is 12.3. The molecular formula is C18H23N5O2S. The minimum atomic E-state index is -0.189. The van der Waals surface area contributed by atoms with Gasteiger partial charge in [0, 0.05) is 31.6 Å². The van der Waals surface area contributed by atoms with Gasteiger partial charge >= 0.3 is 0 Å². The fraction of sp³-hybridized carbons (Fsp3) is 0.444. The molecule has 26 heavy (non-hydrogen) atoms. The van der Waals surface area contributed by atoms with Crippen molar-refractivity contribution in [1.29, 1.82) is 0 Å². The smallest absolute Gasteiger partial charge is 0.240 e. The van der Waals surface area contributed by atoms with Gasteiger partial charge in [-0.2, -0.15) is 5.10 Å². The van der Waals surface area contributed by atoms with Crippen LogP contribution < -0.4 is 5.32 Å². The van der Waals surface area contributed by atoms with E-state index in [9.17, 15) is 9.59 Å². The van der Waals surface area contributed by atoms with E-state index in [1.54, 1.807) is 4.57 Å². The number of H-pyrrole nitrogens is 1. The quantitative estimate of drug-likeness (QED) is 0.759. The molecule has 8 heteroatoms. The Bertz CT molecular complexity index is 851. The Labute approximate surface area is 157 Å². The number of aryl methyl sites for hydroxylation is 1. The fourth-order valence-electron chi connectivity index (χ4n) is 3.10. The Morgan fingerprint density at radius 3 is 2.81 bits per heavy atom. The van der Waals surface area contributed by atoms with Crippen molar-refractivity contribution in [3.63, 3.8) is 0 Å². The van der Waals surface area contributed by atoms with Crippen molar-refractivity contribution in [2.24, 2.45) is 0 Å². The summed E-state index contributed by atoms with van der Waals surface area (Å²) in [6.07, 6.45) is 2.46. The second-order valence-electron chi connectivity index (χ2n) is 6.50. The molecule has 138 valence electrons. The van der Waals surface area contributed by atoms with E-state index in [0.717, 1.165) is 37.1 Å². The van der Waals surface area contributed by atoms with Crippen molar-refractivity contribution in [1.82, 2.24) is 25.0 Å². The van der Waals surface area contributed by atoms with Gasteiger partial charge in [-0.05, 0) is 38.0 Å². The van der Waals surface area contributed by atoms with Gasteiger partial charge < -0.3 is 10.2 Å². The molecule has 0 bridgehead atoms. The van der Waals surface area contributed by atoms with Crippen LogP contribution in [0.3, 0.4) is 0 Å². The van der Waals surface area contributed by atoms with E-state index in [1.807, 2.05) is 36.1 Å². The number of carbonyl (C=O) groups is 2. The molecular weight excluding hydrogens is 350 g/mol. The average molecular weight is 373 g/mol. The van der Waals surface area contributed by atoms with Gasteiger partial charge in [-0.3, -0.25) is 19.3 Å². The third-order valence-electron chi connectivity index (χ3n) is 4.46. The van der Waals surface area contributed by atoms with E-state index in [2.05, 4.69) is 15.5 Å². The Kier molecular flexibility index (Phi) is 5.82. The maximum Gasteiger partial charge on any atom is 0.240 e. The van der Waals surface area contributed by atoms with Gasteiger partial charge in [-0.1, -0.05) is 23.8 Å². The first-order valence-corrected chi connectivity index (χ1v) is 9.22. The number of hydrogen-bond donors (Lipinski definition) is 2. The van der Waals surface area contributed by atoms with Crippen LogP contribution in [0.25, 0.3) is 11.4 Å². The van der Waals surface area contributed by atoms with Crippen molar-refractivity contribution in [3.8, 4) is 11.4 Å². The van der Waals surface area contributed by atoms with Crippen LogP contribution in [-0.4, -0.2) is 51.1 Å². The molecule has 0 atom stereocenters. The Morgan fingerprint density at radius 1 is 1.31 bits per heavy atom. The largest absolute Gasteiger partial charge is 0.354 e. The highest BCUT2D eigenvalue weighted by atomic mass is 32.1. The zero-order chi connectivity index (χ0) is 18.5. The molecule has 1 aliphatic rings. The molecule has 0 spiro atoms. The highest BCUT2D eigenvalue weighted by Crippen LogP contribution is 2.18. The van der Waals surface area contributed by atoms with E-state index in [0.29, 0.717) is 23.6 Å². The molecule has 2 aromatic rings. The fourth-order valence-corrected chi connectivity index (χ4v) is 3.30. The molecule has 1 saturated heterocycles. The summed E-state index contributed by atoms with van der Waals surface area (Å²) < 4.78 is 2.06. The number of likely N-dealkylation sites (tertiary alicyclic amines) is 1. The molecule has 0 aliphatic carbocycles. The van der Waals surface area contributed by atoms with Crippen molar-refractivity contribution < 1.29 is 9.59 Å². The van der Waals surface area contributed by atoms with Crippen LogP contribution in [-0.2, 0) is 16.1 Å². The number of rotatable bonds is 6. The van der Waals surface area contributed by atoms with Crippen molar-refractivity contribution in [2.75, 3.05) is 19.6 Å². The van der Waals surface area contributed by atoms with E-state index >= 15 is 0 Å². The second-order valence-corrected chi connectivity index (χ2v) is 6.88. The van der Waals surface area contributed by atoms with E-state index < -0.39 is 0 Å². The van der Waals surface area contributed by atoms with Gasteiger partial charge in [0.05, 0.1) is 0 Å². The monoisotopic (exact) mass is 373 g/mol. The van der Waals surface area contributed by atoms with Gasteiger partial charge in [-0.15, -0.1) is 0 Å². The highest BCUT2D eigenvalue weighted by Gasteiger charge is 2.18. The lowest BCUT2D eigenvalue weighted by Crippen LogP contribution is -2.34. The highest BCUT2D eigenvalue weighted by molar-refractivity contribution is 7.71. The number of benzene rings is 1. The van der Waals surface area contributed by atoms with Gasteiger partial charge in [0.25, 0.3) is 0 Å².